The molecule has 7 heteroatoms. The Morgan fingerprint density at radius 3 is 2.13 bits per heavy atom. The van der Waals surface area contributed by atoms with Gasteiger partial charge in [-0.05, 0) is 32.1 Å². The van der Waals surface area contributed by atoms with Crippen LogP contribution in [0.4, 0.5) is 5.69 Å². The second kappa shape index (κ2) is 3.94. The Hall–Kier alpha value is -2.80. The first-order chi connectivity index (χ1) is 10.8. The molecule has 4 rings (SSSR count). The first kappa shape index (κ1) is 13.8. The molecular weight excluding hydrogens is 300 g/mol. The van der Waals surface area contributed by atoms with Crippen LogP contribution in [0, 0.1) is 10.1 Å². The van der Waals surface area contributed by atoms with Crippen LogP contribution in [0.1, 0.15) is 25.0 Å². The van der Waals surface area contributed by atoms with Crippen LogP contribution in [0.2, 0.25) is 0 Å². The highest BCUT2D eigenvalue weighted by Gasteiger charge is 2.56. The maximum Gasteiger partial charge on any atom is 0.293 e. The number of para-hydroxylation sites is 2. The molecule has 2 N–H and O–H groups in total. The number of aromatic hydroxyl groups is 2. The Labute approximate surface area is 131 Å². The summed E-state index contributed by atoms with van der Waals surface area (Å²) in [7, 11) is 0. The second-order valence-electron chi connectivity index (χ2n) is 6.13. The van der Waals surface area contributed by atoms with Crippen molar-refractivity contribution in [2.24, 2.45) is 0 Å². The molecule has 2 aromatic rings. The van der Waals surface area contributed by atoms with Gasteiger partial charge in [0.1, 0.15) is 16.9 Å². The number of rotatable bonds is 2. The van der Waals surface area contributed by atoms with Crippen molar-refractivity contribution in [3.05, 3.63) is 57.7 Å². The van der Waals surface area contributed by atoms with Crippen molar-refractivity contribution >= 4 is 5.69 Å². The maximum absolute atomic E-state index is 11.3. The molecule has 0 spiro atoms. The first-order valence-corrected chi connectivity index (χ1v) is 7.10. The number of fused-ring (bicyclic) bond motifs is 5. The third-order valence-electron chi connectivity index (χ3n) is 4.58. The second-order valence-corrected chi connectivity index (χ2v) is 6.13. The third kappa shape index (κ3) is 1.52. The molecule has 2 atom stereocenters. The fourth-order valence-corrected chi connectivity index (χ4v) is 3.62. The van der Waals surface area contributed by atoms with Gasteiger partial charge in [-0.3, -0.25) is 10.1 Å². The number of ether oxygens (including phenoxy) is 1. The summed E-state index contributed by atoms with van der Waals surface area (Å²) in [4.78, 5) is 10.7. The fraction of sp³-hybridized carbons (Fsp3) is 0.250. The summed E-state index contributed by atoms with van der Waals surface area (Å²) in [5, 5.41) is 32.6. The van der Waals surface area contributed by atoms with Gasteiger partial charge in [-0.2, -0.15) is 0 Å². The molecule has 2 bridgehead atoms. The minimum atomic E-state index is -0.861. The summed E-state index contributed by atoms with van der Waals surface area (Å²) in [5.41, 5.74) is -0.936. The Balaban J connectivity index is 2.05. The van der Waals surface area contributed by atoms with E-state index in [0.717, 1.165) is 4.57 Å². The van der Waals surface area contributed by atoms with E-state index in [2.05, 4.69) is 0 Å². The van der Waals surface area contributed by atoms with Crippen LogP contribution in [-0.4, -0.2) is 19.7 Å². The van der Waals surface area contributed by atoms with Crippen LogP contribution < -0.4 is 0 Å². The molecule has 7 nitrogen and oxygen atoms in total. The summed E-state index contributed by atoms with van der Waals surface area (Å²) in [6, 6.07) is 5.95. The van der Waals surface area contributed by atoms with Gasteiger partial charge in [0.15, 0.2) is 0 Å². The van der Waals surface area contributed by atoms with Crippen LogP contribution >= 0.6 is 0 Å². The van der Waals surface area contributed by atoms with Crippen molar-refractivity contribution < 1.29 is 19.9 Å². The molecule has 23 heavy (non-hydrogen) atoms. The Morgan fingerprint density at radius 1 is 1.09 bits per heavy atom. The molecule has 1 aromatic carbocycles. The number of aromatic nitrogens is 1. The molecule has 1 aromatic heterocycles. The zero-order valence-electron chi connectivity index (χ0n) is 12.5. The van der Waals surface area contributed by atoms with E-state index in [0.29, 0.717) is 11.1 Å². The van der Waals surface area contributed by atoms with Gasteiger partial charge in [0, 0.05) is 6.07 Å². The van der Waals surface area contributed by atoms with Crippen molar-refractivity contribution in [1.82, 2.24) is 4.57 Å². The number of hydrogen-bond acceptors (Lipinski definition) is 5. The number of hydrogen-bond donors (Lipinski definition) is 2. The Kier molecular flexibility index (Phi) is 2.37. The molecule has 0 radical (unpaired) electrons. The van der Waals surface area contributed by atoms with Gasteiger partial charge >= 0.3 is 0 Å². The summed E-state index contributed by atoms with van der Waals surface area (Å²) < 4.78 is 7.02. The van der Waals surface area contributed by atoms with Gasteiger partial charge in [-0.1, -0.05) is 12.1 Å². The van der Waals surface area contributed by atoms with E-state index < -0.39 is 16.1 Å². The highest BCUT2D eigenvalue weighted by molar-refractivity contribution is 5.66. The van der Waals surface area contributed by atoms with Gasteiger partial charge in [0.05, 0.1) is 16.1 Å². The lowest BCUT2D eigenvalue weighted by Gasteiger charge is -2.21. The summed E-state index contributed by atoms with van der Waals surface area (Å²) in [5.74, 6) is -0.496. The number of benzene rings is 1. The largest absolute Gasteiger partial charge is 0.494 e. The van der Waals surface area contributed by atoms with Crippen LogP contribution in [-0.2, 0) is 15.9 Å². The van der Waals surface area contributed by atoms with Gasteiger partial charge in [0.2, 0.25) is 11.8 Å². The predicted molar refractivity (Wildman–Crippen MR) is 80.7 cm³/mol. The molecule has 2 aliphatic rings. The predicted octanol–water partition coefficient (Wildman–Crippen LogP) is 2.83. The fourth-order valence-electron chi connectivity index (χ4n) is 3.62. The van der Waals surface area contributed by atoms with E-state index in [1.54, 1.807) is 19.9 Å². The zero-order valence-corrected chi connectivity index (χ0v) is 12.5. The number of nitro groups is 1. The minimum Gasteiger partial charge on any atom is -0.494 e. The van der Waals surface area contributed by atoms with E-state index in [1.807, 2.05) is 12.2 Å². The SMILES string of the molecule is CC12C=CC(C)(O1)c1c2c(O)n(-c2ccccc2[N+](=O)[O-])c1O. The summed E-state index contributed by atoms with van der Waals surface area (Å²) >= 11 is 0. The van der Waals surface area contributed by atoms with E-state index in [1.165, 1.54) is 18.2 Å². The van der Waals surface area contributed by atoms with Gasteiger partial charge in [0.25, 0.3) is 5.69 Å². The minimum absolute atomic E-state index is 0.105. The van der Waals surface area contributed by atoms with Crippen molar-refractivity contribution in [1.29, 1.82) is 0 Å². The Bertz CT molecular complexity index is 859. The molecule has 0 fully saturated rings. The van der Waals surface area contributed by atoms with Gasteiger partial charge in [-0.25, -0.2) is 4.57 Å². The van der Waals surface area contributed by atoms with E-state index in [4.69, 9.17) is 4.74 Å². The van der Waals surface area contributed by atoms with Crippen LogP contribution in [0.15, 0.2) is 36.4 Å². The van der Waals surface area contributed by atoms with Gasteiger partial charge < -0.3 is 14.9 Å². The summed E-state index contributed by atoms with van der Waals surface area (Å²) in [6.07, 6.45) is 3.64. The standard InChI is InChI=1S/C16H14N2O5/c1-15-7-8-16(2,23-15)12-11(15)13(19)17(14(12)20)9-5-3-4-6-10(9)18(21)22/h3-8,19-20H,1-2H3. The average Bonchev–Trinajstić information content (AvgIpc) is 3.04. The van der Waals surface area contributed by atoms with Crippen molar-refractivity contribution in [3.63, 3.8) is 0 Å². The highest BCUT2D eigenvalue weighted by atomic mass is 16.6. The smallest absolute Gasteiger partial charge is 0.293 e. The normalized spacial score (nSPS) is 27.4. The molecule has 2 aliphatic heterocycles. The summed E-state index contributed by atoms with van der Waals surface area (Å²) in [6.45, 7) is 3.56. The van der Waals surface area contributed by atoms with Gasteiger partial charge in [-0.15, -0.1) is 0 Å². The van der Waals surface area contributed by atoms with E-state index >= 15 is 0 Å². The van der Waals surface area contributed by atoms with Crippen LogP contribution in [0.5, 0.6) is 11.8 Å². The molecule has 0 amide bonds. The maximum atomic E-state index is 11.3. The third-order valence-corrected chi connectivity index (χ3v) is 4.58. The van der Waals surface area contributed by atoms with Crippen molar-refractivity contribution in [2.45, 2.75) is 25.0 Å². The van der Waals surface area contributed by atoms with Crippen molar-refractivity contribution in [3.8, 4) is 17.4 Å². The molecule has 0 saturated carbocycles. The monoisotopic (exact) mass is 314 g/mol. The van der Waals surface area contributed by atoms with Crippen LogP contribution in [0.3, 0.4) is 0 Å². The Morgan fingerprint density at radius 2 is 1.61 bits per heavy atom. The lowest BCUT2D eigenvalue weighted by molar-refractivity contribution is -0.384. The molecule has 0 saturated heterocycles. The average molecular weight is 314 g/mol. The number of nitrogens with zero attached hydrogens (tertiary/aromatic N) is 2. The quantitative estimate of drug-likeness (QED) is 0.504. The molecule has 3 heterocycles. The lowest BCUT2D eigenvalue weighted by Crippen LogP contribution is -2.19. The molecule has 2 unspecified atom stereocenters. The topological polar surface area (TPSA) is 97.8 Å². The number of nitro benzene ring substituents is 1. The molecule has 0 aliphatic carbocycles. The molecular formula is C16H14N2O5. The highest BCUT2D eigenvalue weighted by Crippen LogP contribution is 2.61. The lowest BCUT2D eigenvalue weighted by atomic mass is 9.86. The first-order valence-electron chi connectivity index (χ1n) is 7.10. The van der Waals surface area contributed by atoms with E-state index in [-0.39, 0.29) is 23.1 Å². The van der Waals surface area contributed by atoms with E-state index in [9.17, 15) is 20.3 Å². The molecule has 118 valence electrons. The van der Waals surface area contributed by atoms with Crippen LogP contribution in [0.25, 0.3) is 5.69 Å². The zero-order chi connectivity index (χ0) is 16.6. The van der Waals surface area contributed by atoms with Crippen molar-refractivity contribution in [2.75, 3.05) is 0 Å².